The highest BCUT2D eigenvalue weighted by Crippen LogP contribution is 2.24. The third-order valence-electron chi connectivity index (χ3n) is 4.35. The molecule has 0 fully saturated rings. The third-order valence-corrected chi connectivity index (χ3v) is 4.35. The average Bonchev–Trinajstić information content (AvgIpc) is 2.85. The second kappa shape index (κ2) is 6.42. The third kappa shape index (κ3) is 3.22. The normalized spacial score (nSPS) is 11.3. The van der Waals surface area contributed by atoms with Crippen molar-refractivity contribution in [3.8, 4) is 0 Å². The van der Waals surface area contributed by atoms with Crippen molar-refractivity contribution < 1.29 is 0 Å². The number of rotatable bonds is 5. The number of nitrogens with zero attached hydrogens (tertiary/aromatic N) is 2. The highest BCUT2D eigenvalue weighted by Gasteiger charge is 2.08. The van der Waals surface area contributed by atoms with E-state index >= 15 is 0 Å². The molecule has 0 radical (unpaired) electrons. The van der Waals surface area contributed by atoms with Crippen molar-refractivity contribution in [2.75, 3.05) is 6.54 Å². The second-order valence-corrected chi connectivity index (χ2v) is 6.15. The van der Waals surface area contributed by atoms with Gasteiger partial charge in [-0.25, -0.2) is 0 Å². The lowest BCUT2D eigenvalue weighted by Gasteiger charge is -2.06. The zero-order chi connectivity index (χ0) is 16.4. The summed E-state index contributed by atoms with van der Waals surface area (Å²) >= 11 is 0. The van der Waals surface area contributed by atoms with E-state index in [1.165, 1.54) is 22.0 Å². The predicted molar refractivity (Wildman–Crippen MR) is 94.7 cm³/mol. The van der Waals surface area contributed by atoms with Gasteiger partial charge in [0.25, 0.3) is 0 Å². The van der Waals surface area contributed by atoms with Crippen molar-refractivity contribution in [2.45, 2.75) is 19.9 Å². The molecule has 0 aliphatic rings. The van der Waals surface area contributed by atoms with Gasteiger partial charge in [0.2, 0.25) is 5.56 Å². The molecule has 23 heavy (non-hydrogen) atoms. The topological polar surface area (TPSA) is 39.0 Å². The van der Waals surface area contributed by atoms with E-state index in [-0.39, 0.29) is 5.56 Å². The van der Waals surface area contributed by atoms with Gasteiger partial charge in [-0.2, -0.15) is 0 Å². The van der Waals surface area contributed by atoms with Crippen molar-refractivity contribution in [2.24, 2.45) is 14.1 Å². The Morgan fingerprint density at radius 3 is 2.65 bits per heavy atom. The first-order chi connectivity index (χ1) is 11.1. The van der Waals surface area contributed by atoms with Crippen molar-refractivity contribution >= 4 is 10.9 Å². The number of benzene rings is 1. The summed E-state index contributed by atoms with van der Waals surface area (Å²) < 4.78 is 3.82. The van der Waals surface area contributed by atoms with Gasteiger partial charge < -0.3 is 14.5 Å². The Bertz CT molecular complexity index is 889. The molecule has 0 spiro atoms. The van der Waals surface area contributed by atoms with Crippen LogP contribution in [0, 0.1) is 6.92 Å². The van der Waals surface area contributed by atoms with Crippen LogP contribution in [0.2, 0.25) is 0 Å². The standard InChI is InChI=1S/C19H23N3O/c1-14-5-4-6-17-19(14)16(13-21(17)2)9-10-20-11-15-7-8-18(23)22(3)12-15/h4-8,12-13,20H,9-11H2,1-3H3. The maximum Gasteiger partial charge on any atom is 0.250 e. The molecular formula is C19H23N3O. The minimum atomic E-state index is 0.0278. The summed E-state index contributed by atoms with van der Waals surface area (Å²) in [7, 11) is 3.88. The number of pyridine rings is 1. The molecule has 0 amide bonds. The summed E-state index contributed by atoms with van der Waals surface area (Å²) in [4.78, 5) is 11.4. The number of nitrogens with one attached hydrogen (secondary N) is 1. The minimum Gasteiger partial charge on any atom is -0.350 e. The fourth-order valence-electron chi connectivity index (χ4n) is 3.13. The van der Waals surface area contributed by atoms with Gasteiger partial charge in [-0.3, -0.25) is 4.79 Å². The van der Waals surface area contributed by atoms with Crippen LogP contribution in [0.25, 0.3) is 10.9 Å². The van der Waals surface area contributed by atoms with Crippen LogP contribution in [0.5, 0.6) is 0 Å². The van der Waals surface area contributed by atoms with Crippen LogP contribution in [0.4, 0.5) is 0 Å². The van der Waals surface area contributed by atoms with Gasteiger partial charge in [0.15, 0.2) is 0 Å². The zero-order valence-electron chi connectivity index (χ0n) is 14.0. The van der Waals surface area contributed by atoms with E-state index in [4.69, 9.17) is 0 Å². The van der Waals surface area contributed by atoms with Crippen LogP contribution < -0.4 is 10.9 Å². The summed E-state index contributed by atoms with van der Waals surface area (Å²) in [5.41, 5.74) is 5.16. The number of hydrogen-bond acceptors (Lipinski definition) is 2. The van der Waals surface area contributed by atoms with Crippen LogP contribution in [0.15, 0.2) is 47.5 Å². The molecule has 2 aromatic heterocycles. The van der Waals surface area contributed by atoms with Crippen LogP contribution in [-0.2, 0) is 27.1 Å². The maximum atomic E-state index is 11.4. The molecule has 0 bridgehead atoms. The second-order valence-electron chi connectivity index (χ2n) is 6.15. The molecule has 0 saturated heterocycles. The largest absolute Gasteiger partial charge is 0.350 e. The van der Waals surface area contributed by atoms with E-state index < -0.39 is 0 Å². The zero-order valence-corrected chi connectivity index (χ0v) is 14.0. The Labute approximate surface area is 136 Å². The number of aromatic nitrogens is 2. The molecule has 1 aromatic carbocycles. The van der Waals surface area contributed by atoms with Gasteiger partial charge in [-0.1, -0.05) is 18.2 Å². The number of aryl methyl sites for hydroxylation is 3. The van der Waals surface area contributed by atoms with Gasteiger partial charge in [0.05, 0.1) is 0 Å². The molecule has 0 saturated carbocycles. The summed E-state index contributed by atoms with van der Waals surface area (Å²) in [5, 5.41) is 4.84. The lowest BCUT2D eigenvalue weighted by molar-refractivity contribution is 0.679. The van der Waals surface area contributed by atoms with E-state index in [1.54, 1.807) is 17.7 Å². The van der Waals surface area contributed by atoms with E-state index in [2.05, 4.69) is 48.3 Å². The fourth-order valence-corrected chi connectivity index (χ4v) is 3.13. The molecule has 2 heterocycles. The predicted octanol–water partition coefficient (Wildman–Crippen LogP) is 2.52. The summed E-state index contributed by atoms with van der Waals surface area (Å²) in [6, 6.07) is 9.95. The van der Waals surface area contributed by atoms with Crippen molar-refractivity contribution in [3.63, 3.8) is 0 Å². The molecule has 3 rings (SSSR count). The molecule has 4 heteroatoms. The summed E-state index contributed by atoms with van der Waals surface area (Å²) in [5.74, 6) is 0. The lowest BCUT2D eigenvalue weighted by Crippen LogP contribution is -2.20. The fraction of sp³-hybridized carbons (Fsp3) is 0.316. The summed E-state index contributed by atoms with van der Waals surface area (Å²) in [6.07, 6.45) is 5.11. The first-order valence-electron chi connectivity index (χ1n) is 7.96. The SMILES string of the molecule is Cc1cccc2c1c(CCNCc1ccc(=O)n(C)c1)cn2C. The highest BCUT2D eigenvalue weighted by molar-refractivity contribution is 5.87. The monoisotopic (exact) mass is 309 g/mol. The molecule has 4 nitrogen and oxygen atoms in total. The molecule has 1 N–H and O–H groups in total. The quantitative estimate of drug-likeness (QED) is 0.736. The molecular weight excluding hydrogens is 286 g/mol. The number of fused-ring (bicyclic) bond motifs is 1. The Morgan fingerprint density at radius 2 is 1.87 bits per heavy atom. The Kier molecular flexibility index (Phi) is 4.35. The van der Waals surface area contributed by atoms with Crippen molar-refractivity contribution in [1.82, 2.24) is 14.5 Å². The van der Waals surface area contributed by atoms with Crippen molar-refractivity contribution in [1.29, 1.82) is 0 Å². The van der Waals surface area contributed by atoms with Crippen LogP contribution in [0.1, 0.15) is 16.7 Å². The first-order valence-corrected chi connectivity index (χ1v) is 7.96. The molecule has 120 valence electrons. The van der Waals surface area contributed by atoms with Crippen molar-refractivity contribution in [3.05, 3.63) is 69.8 Å². The summed E-state index contributed by atoms with van der Waals surface area (Å²) in [6.45, 7) is 3.86. The van der Waals surface area contributed by atoms with Gasteiger partial charge in [-0.15, -0.1) is 0 Å². The van der Waals surface area contributed by atoms with Crippen LogP contribution in [0.3, 0.4) is 0 Å². The smallest absolute Gasteiger partial charge is 0.250 e. The van der Waals surface area contributed by atoms with E-state index in [1.807, 2.05) is 12.3 Å². The number of hydrogen-bond donors (Lipinski definition) is 1. The molecule has 0 atom stereocenters. The Balaban J connectivity index is 1.65. The van der Waals surface area contributed by atoms with Gasteiger partial charge in [-0.05, 0) is 42.6 Å². The molecule has 0 aliphatic heterocycles. The van der Waals surface area contributed by atoms with Gasteiger partial charge >= 0.3 is 0 Å². The maximum absolute atomic E-state index is 11.4. The van der Waals surface area contributed by atoms with E-state index in [0.29, 0.717) is 0 Å². The Morgan fingerprint density at radius 1 is 1.04 bits per heavy atom. The lowest BCUT2D eigenvalue weighted by atomic mass is 10.1. The minimum absolute atomic E-state index is 0.0278. The van der Waals surface area contributed by atoms with E-state index in [0.717, 1.165) is 25.1 Å². The molecule has 0 aliphatic carbocycles. The highest BCUT2D eigenvalue weighted by atomic mass is 16.1. The van der Waals surface area contributed by atoms with Crippen LogP contribution >= 0.6 is 0 Å². The van der Waals surface area contributed by atoms with E-state index in [9.17, 15) is 4.79 Å². The molecule has 3 aromatic rings. The van der Waals surface area contributed by atoms with Gasteiger partial charge in [0, 0.05) is 50.0 Å². The molecule has 0 unspecified atom stereocenters. The average molecular weight is 309 g/mol. The van der Waals surface area contributed by atoms with Gasteiger partial charge in [0.1, 0.15) is 0 Å². The Hall–Kier alpha value is -2.33. The van der Waals surface area contributed by atoms with Crippen LogP contribution in [-0.4, -0.2) is 15.7 Å². The first kappa shape index (κ1) is 15.6.